The van der Waals surface area contributed by atoms with Gasteiger partial charge in [0.1, 0.15) is 0 Å². The molecule has 0 spiro atoms. The maximum absolute atomic E-state index is 12.1. The summed E-state index contributed by atoms with van der Waals surface area (Å²) in [6, 6.07) is 1.64. The van der Waals surface area contributed by atoms with E-state index in [2.05, 4.69) is 21.9 Å². The highest BCUT2D eigenvalue weighted by molar-refractivity contribution is 7.89. The molecule has 0 radical (unpaired) electrons. The molecule has 0 saturated heterocycles. The Morgan fingerprint density at radius 2 is 2.10 bits per heavy atom. The van der Waals surface area contributed by atoms with Crippen molar-refractivity contribution in [3.63, 3.8) is 0 Å². The van der Waals surface area contributed by atoms with E-state index in [4.69, 9.17) is 4.74 Å². The Bertz CT molecular complexity index is 509. The van der Waals surface area contributed by atoms with Gasteiger partial charge in [0.05, 0.1) is 10.5 Å². The average molecular weight is 303 g/mol. The number of nitrogens with one attached hydrogen (secondary N) is 3. The molecule has 1 rings (SSSR count). The summed E-state index contributed by atoms with van der Waals surface area (Å²) >= 11 is 0. The average Bonchev–Trinajstić information content (AvgIpc) is 2.87. The standard InChI is InChI=1S/C13H25N3O3S/c1-5-6-14-8-11-7-12(9-15-11)20(17,18)16-10-13(2,3)19-4/h7,9,14-16H,5-6,8,10H2,1-4H3. The van der Waals surface area contributed by atoms with Crippen LogP contribution in [0.5, 0.6) is 0 Å². The molecule has 7 heteroatoms. The van der Waals surface area contributed by atoms with Crippen LogP contribution in [0.1, 0.15) is 32.9 Å². The first-order chi connectivity index (χ1) is 9.30. The van der Waals surface area contributed by atoms with Crippen LogP contribution in [-0.2, 0) is 21.3 Å². The predicted octanol–water partition coefficient (Wildman–Crippen LogP) is 1.22. The van der Waals surface area contributed by atoms with Gasteiger partial charge in [0.15, 0.2) is 0 Å². The van der Waals surface area contributed by atoms with Gasteiger partial charge in [-0.15, -0.1) is 0 Å². The number of rotatable bonds is 9. The fourth-order valence-electron chi connectivity index (χ4n) is 1.50. The second kappa shape index (κ2) is 7.21. The lowest BCUT2D eigenvalue weighted by Crippen LogP contribution is -2.39. The number of aromatic nitrogens is 1. The third kappa shape index (κ3) is 5.24. The Kier molecular flexibility index (Phi) is 6.19. The van der Waals surface area contributed by atoms with Crippen molar-refractivity contribution in [3.05, 3.63) is 18.0 Å². The van der Waals surface area contributed by atoms with Crippen molar-refractivity contribution in [1.82, 2.24) is 15.0 Å². The van der Waals surface area contributed by atoms with Crippen LogP contribution in [0.3, 0.4) is 0 Å². The molecule has 1 aromatic rings. The van der Waals surface area contributed by atoms with Crippen LogP contribution in [0.4, 0.5) is 0 Å². The predicted molar refractivity (Wildman–Crippen MR) is 79.1 cm³/mol. The summed E-state index contributed by atoms with van der Waals surface area (Å²) < 4.78 is 32.0. The van der Waals surface area contributed by atoms with E-state index in [0.29, 0.717) is 6.54 Å². The van der Waals surface area contributed by atoms with Gasteiger partial charge >= 0.3 is 0 Å². The third-order valence-corrected chi connectivity index (χ3v) is 4.39. The van der Waals surface area contributed by atoms with E-state index >= 15 is 0 Å². The summed E-state index contributed by atoms with van der Waals surface area (Å²) in [5, 5.41) is 3.22. The number of hydrogen-bond donors (Lipinski definition) is 3. The summed E-state index contributed by atoms with van der Waals surface area (Å²) in [7, 11) is -1.94. The Morgan fingerprint density at radius 3 is 2.70 bits per heavy atom. The van der Waals surface area contributed by atoms with Gasteiger partial charge in [-0.2, -0.15) is 0 Å². The monoisotopic (exact) mass is 303 g/mol. The molecule has 6 nitrogen and oxygen atoms in total. The van der Waals surface area contributed by atoms with E-state index in [1.165, 1.54) is 6.20 Å². The molecule has 0 unspecified atom stereocenters. The van der Waals surface area contributed by atoms with Gasteiger partial charge in [-0.3, -0.25) is 0 Å². The third-order valence-electron chi connectivity index (χ3n) is 3.01. The highest BCUT2D eigenvalue weighted by atomic mass is 32.2. The second-order valence-corrected chi connectivity index (χ2v) is 7.09. The van der Waals surface area contributed by atoms with E-state index in [-0.39, 0.29) is 11.4 Å². The zero-order chi connectivity index (χ0) is 15.2. The lowest BCUT2D eigenvalue weighted by molar-refractivity contribution is 0.0276. The first kappa shape index (κ1) is 17.2. The topological polar surface area (TPSA) is 83.2 Å². The van der Waals surface area contributed by atoms with E-state index in [1.807, 2.05) is 13.8 Å². The zero-order valence-corrected chi connectivity index (χ0v) is 13.4. The van der Waals surface area contributed by atoms with Crippen molar-refractivity contribution in [2.75, 3.05) is 20.2 Å². The van der Waals surface area contributed by atoms with Crippen LogP contribution in [-0.4, -0.2) is 39.2 Å². The number of hydrogen-bond acceptors (Lipinski definition) is 4. The molecule has 1 heterocycles. The first-order valence-corrected chi connectivity index (χ1v) is 8.22. The van der Waals surface area contributed by atoms with Gasteiger partial charge in [-0.1, -0.05) is 6.92 Å². The molecule has 1 aromatic heterocycles. The molecule has 116 valence electrons. The number of aromatic amines is 1. The summed E-state index contributed by atoms with van der Waals surface area (Å²) in [4.78, 5) is 3.22. The molecule has 0 aromatic carbocycles. The quantitative estimate of drug-likeness (QED) is 0.599. The largest absolute Gasteiger partial charge is 0.377 e. The van der Waals surface area contributed by atoms with E-state index in [0.717, 1.165) is 18.7 Å². The molecule has 0 bridgehead atoms. The Balaban J connectivity index is 2.64. The lowest BCUT2D eigenvalue weighted by Gasteiger charge is -2.22. The SMILES string of the molecule is CCCNCc1cc(S(=O)(=O)NCC(C)(C)OC)c[nH]1. The van der Waals surface area contributed by atoms with Crippen molar-refractivity contribution in [2.45, 2.75) is 44.2 Å². The van der Waals surface area contributed by atoms with Gasteiger partial charge in [-0.25, -0.2) is 13.1 Å². The molecule has 0 atom stereocenters. The molecule has 0 aliphatic carbocycles. The normalized spacial score (nSPS) is 12.8. The highest BCUT2D eigenvalue weighted by Gasteiger charge is 2.22. The number of sulfonamides is 1. The van der Waals surface area contributed by atoms with Crippen molar-refractivity contribution < 1.29 is 13.2 Å². The molecule has 0 aliphatic rings. The van der Waals surface area contributed by atoms with Gasteiger partial charge in [0.25, 0.3) is 0 Å². The van der Waals surface area contributed by atoms with E-state index in [1.54, 1.807) is 13.2 Å². The van der Waals surface area contributed by atoms with Crippen LogP contribution in [0, 0.1) is 0 Å². The number of H-pyrrole nitrogens is 1. The number of methoxy groups -OCH3 is 1. The van der Waals surface area contributed by atoms with Crippen LogP contribution < -0.4 is 10.0 Å². The van der Waals surface area contributed by atoms with Crippen LogP contribution in [0.15, 0.2) is 17.2 Å². The lowest BCUT2D eigenvalue weighted by atomic mass is 10.1. The molecular weight excluding hydrogens is 278 g/mol. The van der Waals surface area contributed by atoms with E-state index in [9.17, 15) is 8.42 Å². The van der Waals surface area contributed by atoms with E-state index < -0.39 is 15.6 Å². The minimum atomic E-state index is -3.50. The van der Waals surface area contributed by atoms with Gasteiger partial charge < -0.3 is 15.0 Å². The Labute approximate surface area is 121 Å². The van der Waals surface area contributed by atoms with Crippen molar-refractivity contribution in [2.24, 2.45) is 0 Å². The fourth-order valence-corrected chi connectivity index (χ4v) is 2.72. The van der Waals surface area contributed by atoms with Crippen LogP contribution >= 0.6 is 0 Å². The maximum Gasteiger partial charge on any atom is 0.242 e. The molecular formula is C13H25N3O3S. The molecule has 0 amide bonds. The van der Waals surface area contributed by atoms with Crippen LogP contribution in [0.25, 0.3) is 0 Å². The maximum atomic E-state index is 12.1. The first-order valence-electron chi connectivity index (χ1n) is 6.73. The minimum absolute atomic E-state index is 0.223. The van der Waals surface area contributed by atoms with Gasteiger partial charge in [0, 0.05) is 32.1 Å². The summed E-state index contributed by atoms with van der Waals surface area (Å²) in [6.45, 7) is 7.49. The van der Waals surface area contributed by atoms with Crippen molar-refractivity contribution in [1.29, 1.82) is 0 Å². The van der Waals surface area contributed by atoms with Crippen molar-refractivity contribution >= 4 is 10.0 Å². The summed E-state index contributed by atoms with van der Waals surface area (Å²) in [5.41, 5.74) is 0.319. The number of ether oxygens (including phenoxy) is 1. The summed E-state index contributed by atoms with van der Waals surface area (Å²) in [5.74, 6) is 0. The van der Waals surface area contributed by atoms with Crippen LogP contribution in [0.2, 0.25) is 0 Å². The highest BCUT2D eigenvalue weighted by Crippen LogP contribution is 2.12. The fraction of sp³-hybridized carbons (Fsp3) is 0.692. The Morgan fingerprint density at radius 1 is 1.40 bits per heavy atom. The minimum Gasteiger partial charge on any atom is -0.377 e. The van der Waals surface area contributed by atoms with Gasteiger partial charge in [-0.05, 0) is 32.9 Å². The van der Waals surface area contributed by atoms with Crippen molar-refractivity contribution in [3.8, 4) is 0 Å². The smallest absolute Gasteiger partial charge is 0.242 e. The molecule has 3 N–H and O–H groups in total. The molecule has 20 heavy (non-hydrogen) atoms. The second-order valence-electron chi connectivity index (χ2n) is 5.33. The Hall–Kier alpha value is -0.890. The zero-order valence-electron chi connectivity index (χ0n) is 12.6. The summed E-state index contributed by atoms with van der Waals surface area (Å²) in [6.07, 6.45) is 2.55. The molecule has 0 aliphatic heterocycles. The molecule has 0 saturated carbocycles. The molecule has 0 fully saturated rings. The van der Waals surface area contributed by atoms with Gasteiger partial charge in [0.2, 0.25) is 10.0 Å².